The molecule has 5 atom stereocenters. The zero-order chi connectivity index (χ0) is 29.5. The highest BCUT2D eigenvalue weighted by atomic mass is 35.5. The molecule has 2 aliphatic rings. The number of hydrogen-bond donors (Lipinski definition) is 3. The number of amides is 4. The molecule has 228 valence electrons. The number of carbonyl (C=O) groups excluding carboxylic acids is 3. The molecule has 0 aromatic carbocycles. The smallest absolute Gasteiger partial charge is 0.426 e. The van der Waals surface area contributed by atoms with Crippen molar-refractivity contribution in [2.45, 2.75) is 124 Å². The molecule has 3 rings (SSSR count). The molecule has 2 aliphatic heterocycles. The van der Waals surface area contributed by atoms with Gasteiger partial charge in [0.1, 0.15) is 5.60 Å². The zero-order valence-corrected chi connectivity index (χ0v) is 26.9. The number of ether oxygens (including phenoxy) is 1. The summed E-state index contributed by atoms with van der Waals surface area (Å²) in [6.07, 6.45) is 5.43. The first kappa shape index (κ1) is 35.7. The normalized spacial score (nSPS) is 22.8. The van der Waals surface area contributed by atoms with Gasteiger partial charge in [0.25, 0.3) is 5.91 Å². The van der Waals surface area contributed by atoms with Gasteiger partial charge >= 0.3 is 12.1 Å². The summed E-state index contributed by atoms with van der Waals surface area (Å²) in [6, 6.07) is 2.38. The van der Waals surface area contributed by atoms with Crippen molar-refractivity contribution in [3.8, 4) is 0 Å². The first-order chi connectivity index (χ1) is 18.1. The number of pyridine rings is 1. The van der Waals surface area contributed by atoms with Crippen molar-refractivity contribution in [2.75, 3.05) is 6.54 Å². The first-order valence-electron chi connectivity index (χ1n) is 13.9. The Kier molecular flexibility index (Phi) is 14.0. The molecule has 3 N–H and O–H groups in total. The number of likely N-dealkylation sites (tertiary alicyclic amines) is 1. The first-order valence-corrected chi connectivity index (χ1v) is 14.3. The van der Waals surface area contributed by atoms with Crippen molar-refractivity contribution in [3.63, 3.8) is 0 Å². The van der Waals surface area contributed by atoms with Crippen LogP contribution in [0.15, 0.2) is 12.3 Å². The lowest BCUT2D eigenvalue weighted by Crippen LogP contribution is -2.52. The van der Waals surface area contributed by atoms with E-state index in [1.807, 2.05) is 18.7 Å². The van der Waals surface area contributed by atoms with Crippen molar-refractivity contribution in [1.29, 1.82) is 0 Å². The minimum absolute atomic E-state index is 0. The van der Waals surface area contributed by atoms with Crippen LogP contribution in [0.25, 0.3) is 0 Å². The minimum atomic E-state index is -0.730. The Hall–Kier alpha value is -2.30. The standard InChI is InChI=1S/C22H34ClN5O4.C6H13N.ClH/c1-8-27(26-21(31)32-22(5,6)7)20(30)25-15(4)18-17(23)11-16(12-24-18)19(29)28-13(2)9-10-14(28)3;1-5-3-4-6(2)7-5;/h11-15H,8-10H2,1-7H3,(H,25,30)(H,26,31);5-7H,3-4H2,1-2H3;1H/t13-,14+,15-;5-,6+;/m1../s1. The van der Waals surface area contributed by atoms with E-state index in [0.717, 1.165) is 29.9 Å². The third kappa shape index (κ3) is 10.6. The highest BCUT2D eigenvalue weighted by Crippen LogP contribution is 2.28. The van der Waals surface area contributed by atoms with E-state index < -0.39 is 23.8 Å². The van der Waals surface area contributed by atoms with Gasteiger partial charge < -0.3 is 20.3 Å². The summed E-state index contributed by atoms with van der Waals surface area (Å²) in [5.41, 5.74) is 2.57. The topological polar surface area (TPSA) is 116 Å². The molecule has 2 saturated heterocycles. The summed E-state index contributed by atoms with van der Waals surface area (Å²) in [5.74, 6) is -0.0983. The number of rotatable bonds is 4. The fourth-order valence-electron chi connectivity index (χ4n) is 4.80. The third-order valence-corrected chi connectivity index (χ3v) is 7.14. The fourth-order valence-corrected chi connectivity index (χ4v) is 5.13. The summed E-state index contributed by atoms with van der Waals surface area (Å²) in [4.78, 5) is 43.7. The molecule has 1 aromatic heterocycles. The van der Waals surface area contributed by atoms with Gasteiger partial charge in [0.2, 0.25) is 0 Å². The van der Waals surface area contributed by atoms with Crippen LogP contribution in [0.2, 0.25) is 5.02 Å². The van der Waals surface area contributed by atoms with Crippen LogP contribution in [0.5, 0.6) is 0 Å². The Labute approximate surface area is 250 Å². The van der Waals surface area contributed by atoms with E-state index in [4.69, 9.17) is 16.3 Å². The lowest BCUT2D eigenvalue weighted by atomic mass is 10.1. The Bertz CT molecular complexity index is 988. The minimum Gasteiger partial charge on any atom is -0.443 e. The predicted octanol–water partition coefficient (Wildman–Crippen LogP) is 5.85. The van der Waals surface area contributed by atoms with E-state index in [9.17, 15) is 14.4 Å². The highest BCUT2D eigenvalue weighted by Gasteiger charge is 2.32. The molecule has 10 nitrogen and oxygen atoms in total. The monoisotopic (exact) mass is 602 g/mol. The van der Waals surface area contributed by atoms with Gasteiger partial charge in [-0.3, -0.25) is 9.78 Å². The Balaban J connectivity index is 0.000000867. The van der Waals surface area contributed by atoms with Crippen LogP contribution in [0.3, 0.4) is 0 Å². The lowest BCUT2D eigenvalue weighted by molar-refractivity contribution is 0.0381. The van der Waals surface area contributed by atoms with Crippen molar-refractivity contribution in [3.05, 3.63) is 28.5 Å². The summed E-state index contributed by atoms with van der Waals surface area (Å²) in [7, 11) is 0. The van der Waals surface area contributed by atoms with Crippen LogP contribution < -0.4 is 16.1 Å². The van der Waals surface area contributed by atoms with Crippen LogP contribution in [0.4, 0.5) is 9.59 Å². The summed E-state index contributed by atoms with van der Waals surface area (Å²) in [6.45, 7) is 17.4. The molecule has 12 heteroatoms. The second-order valence-corrected chi connectivity index (χ2v) is 12.1. The van der Waals surface area contributed by atoms with Gasteiger partial charge in [-0.05, 0) is 94.1 Å². The molecular weight excluding hydrogens is 555 g/mol. The molecule has 1 aromatic rings. The average Bonchev–Trinajstić information content (AvgIpc) is 3.38. The van der Waals surface area contributed by atoms with Crippen molar-refractivity contribution < 1.29 is 19.1 Å². The maximum Gasteiger partial charge on any atom is 0.426 e. The SMILES string of the molecule is CCN(NC(=O)OC(C)(C)C)C(=O)N[C@H](C)c1ncc(C(=O)N2[C@H](C)CC[C@@H]2C)cc1Cl.C[C@@H]1CC[C@H](C)N1.Cl. The summed E-state index contributed by atoms with van der Waals surface area (Å²) >= 11 is 6.41. The molecule has 3 heterocycles. The van der Waals surface area contributed by atoms with Crippen LogP contribution in [-0.2, 0) is 4.74 Å². The average molecular weight is 604 g/mol. The lowest BCUT2D eigenvalue weighted by Gasteiger charge is -2.27. The van der Waals surface area contributed by atoms with Gasteiger partial charge in [-0.1, -0.05) is 11.6 Å². The third-order valence-electron chi connectivity index (χ3n) is 6.84. The molecule has 0 aliphatic carbocycles. The number of nitrogens with one attached hydrogen (secondary N) is 3. The maximum absolute atomic E-state index is 12.9. The van der Waals surface area contributed by atoms with Crippen molar-refractivity contribution in [2.24, 2.45) is 0 Å². The van der Waals surface area contributed by atoms with E-state index in [-0.39, 0.29) is 42.0 Å². The molecule has 0 unspecified atom stereocenters. The van der Waals surface area contributed by atoms with Gasteiger partial charge in [0, 0.05) is 36.9 Å². The van der Waals surface area contributed by atoms with Crippen LogP contribution in [0, 0.1) is 0 Å². The summed E-state index contributed by atoms with van der Waals surface area (Å²) < 4.78 is 5.18. The quantitative estimate of drug-likeness (QED) is 0.372. The van der Waals surface area contributed by atoms with Gasteiger partial charge in [-0.25, -0.2) is 20.0 Å². The number of carbonyl (C=O) groups is 3. The number of halogens is 2. The Morgan fingerprint density at radius 2 is 1.68 bits per heavy atom. The largest absolute Gasteiger partial charge is 0.443 e. The molecule has 4 amide bonds. The second kappa shape index (κ2) is 15.6. The molecular formula is C28H48Cl2N6O4. The number of hydrazine groups is 1. The predicted molar refractivity (Wildman–Crippen MR) is 161 cm³/mol. The van der Waals surface area contributed by atoms with Gasteiger partial charge in [-0.2, -0.15) is 0 Å². The van der Waals surface area contributed by atoms with E-state index in [0.29, 0.717) is 11.3 Å². The molecule has 0 saturated carbocycles. The zero-order valence-electron chi connectivity index (χ0n) is 25.3. The van der Waals surface area contributed by atoms with E-state index in [1.165, 1.54) is 19.0 Å². The Morgan fingerprint density at radius 3 is 2.10 bits per heavy atom. The molecule has 0 bridgehead atoms. The molecule has 0 radical (unpaired) electrons. The van der Waals surface area contributed by atoms with Crippen LogP contribution in [-0.4, -0.2) is 69.2 Å². The van der Waals surface area contributed by atoms with Gasteiger partial charge in [-0.15, -0.1) is 12.4 Å². The number of aromatic nitrogens is 1. The van der Waals surface area contributed by atoms with Crippen molar-refractivity contribution >= 4 is 42.0 Å². The number of nitrogens with zero attached hydrogens (tertiary/aromatic N) is 3. The highest BCUT2D eigenvalue weighted by molar-refractivity contribution is 6.31. The summed E-state index contributed by atoms with van der Waals surface area (Å²) in [5, 5.41) is 7.55. The van der Waals surface area contributed by atoms with Gasteiger partial charge in [0.15, 0.2) is 0 Å². The van der Waals surface area contributed by atoms with Gasteiger partial charge in [0.05, 0.1) is 22.3 Å². The molecule has 2 fully saturated rings. The number of urea groups is 1. The van der Waals surface area contributed by atoms with E-state index in [1.54, 1.807) is 40.7 Å². The van der Waals surface area contributed by atoms with E-state index in [2.05, 4.69) is 34.9 Å². The molecule has 0 spiro atoms. The molecule has 40 heavy (non-hydrogen) atoms. The van der Waals surface area contributed by atoms with Crippen LogP contribution >= 0.6 is 24.0 Å². The Morgan fingerprint density at radius 1 is 1.12 bits per heavy atom. The second-order valence-electron chi connectivity index (χ2n) is 11.7. The van der Waals surface area contributed by atoms with Crippen molar-refractivity contribution in [1.82, 2.24) is 31.0 Å². The van der Waals surface area contributed by atoms with E-state index >= 15 is 0 Å². The van der Waals surface area contributed by atoms with Crippen LogP contribution in [0.1, 0.15) is 110 Å². The maximum atomic E-state index is 12.9. The fraction of sp³-hybridized carbons (Fsp3) is 0.714. The number of hydrogen-bond acceptors (Lipinski definition) is 6.